The van der Waals surface area contributed by atoms with Gasteiger partial charge >= 0.3 is 0 Å². The molecule has 1 aliphatic heterocycles. The predicted octanol–water partition coefficient (Wildman–Crippen LogP) is 4.90. The molecule has 18 heavy (non-hydrogen) atoms. The van der Waals surface area contributed by atoms with E-state index in [1.165, 1.54) is 50.0 Å². The number of anilines is 1. The van der Waals surface area contributed by atoms with Crippen molar-refractivity contribution in [1.29, 1.82) is 0 Å². The monoisotopic (exact) mass is 247 g/mol. The lowest BCUT2D eigenvalue weighted by molar-refractivity contribution is 0.577. The van der Waals surface area contributed by atoms with Crippen molar-refractivity contribution in [3.8, 4) is 0 Å². The number of rotatable bonds is 3. The Morgan fingerprint density at radius 3 is 2.00 bits per heavy atom. The van der Waals surface area contributed by atoms with Crippen molar-refractivity contribution in [3.63, 3.8) is 0 Å². The molecule has 0 amide bonds. The number of nitrogens with zero attached hydrogens (tertiary/aromatic N) is 1. The van der Waals surface area contributed by atoms with Gasteiger partial charge in [0.25, 0.3) is 0 Å². The van der Waals surface area contributed by atoms with Crippen LogP contribution in [0.1, 0.15) is 52.5 Å². The highest BCUT2D eigenvalue weighted by Crippen LogP contribution is 2.21. The molecule has 0 atom stereocenters. The van der Waals surface area contributed by atoms with Gasteiger partial charge in [-0.15, -0.1) is 0 Å². The van der Waals surface area contributed by atoms with Gasteiger partial charge < -0.3 is 4.90 Å². The maximum absolute atomic E-state index is 2.52. The maximum Gasteiger partial charge on any atom is 0.0366 e. The molecule has 0 radical (unpaired) electrons. The lowest BCUT2D eigenvalue weighted by Gasteiger charge is -2.28. The Morgan fingerprint density at radius 1 is 0.944 bits per heavy atom. The normalized spacial score (nSPS) is 15.3. The summed E-state index contributed by atoms with van der Waals surface area (Å²) in [5.74, 6) is 0.751. The van der Waals surface area contributed by atoms with E-state index in [9.17, 15) is 0 Å². The predicted molar refractivity (Wildman–Crippen MR) is 82.4 cm³/mol. The van der Waals surface area contributed by atoms with Crippen LogP contribution < -0.4 is 4.90 Å². The molecule has 0 bridgehead atoms. The second kappa shape index (κ2) is 8.18. The molecule has 0 aliphatic carbocycles. The summed E-state index contributed by atoms with van der Waals surface area (Å²) < 4.78 is 0. The van der Waals surface area contributed by atoms with Crippen LogP contribution in [0.4, 0.5) is 5.69 Å². The Bertz CT molecular complexity index is 307. The molecule has 1 aromatic carbocycles. The third kappa shape index (κ3) is 4.72. The summed E-state index contributed by atoms with van der Waals surface area (Å²) >= 11 is 0. The van der Waals surface area contributed by atoms with Gasteiger partial charge in [0.2, 0.25) is 0 Å². The van der Waals surface area contributed by atoms with E-state index < -0.39 is 0 Å². The molecule has 0 aromatic heterocycles. The van der Waals surface area contributed by atoms with Crippen LogP contribution in [-0.4, -0.2) is 13.1 Å². The van der Waals surface area contributed by atoms with Crippen LogP contribution in [0.3, 0.4) is 0 Å². The quantitative estimate of drug-likeness (QED) is 0.734. The highest BCUT2D eigenvalue weighted by atomic mass is 15.1. The van der Waals surface area contributed by atoms with Gasteiger partial charge in [-0.1, -0.05) is 39.8 Å². The van der Waals surface area contributed by atoms with Gasteiger partial charge in [0.05, 0.1) is 0 Å². The fraction of sp³-hybridized carbons (Fsp3) is 0.647. The smallest absolute Gasteiger partial charge is 0.0366 e. The molecular formula is C17H29N. The maximum atomic E-state index is 2.52. The molecule has 2 rings (SSSR count). The average Bonchev–Trinajstić information content (AvgIpc) is 2.42. The van der Waals surface area contributed by atoms with E-state index in [0.717, 1.165) is 5.92 Å². The fourth-order valence-electron chi connectivity index (χ4n) is 2.47. The van der Waals surface area contributed by atoms with E-state index >= 15 is 0 Å². The summed E-state index contributed by atoms with van der Waals surface area (Å²) in [4.78, 5) is 2.52. The molecule has 0 N–H and O–H groups in total. The summed E-state index contributed by atoms with van der Waals surface area (Å²) in [6.07, 6.45) is 5.31. The Morgan fingerprint density at radius 2 is 1.50 bits per heavy atom. The Kier molecular flexibility index (Phi) is 6.85. The van der Waals surface area contributed by atoms with Crippen molar-refractivity contribution < 1.29 is 0 Å². The second-order valence-corrected chi connectivity index (χ2v) is 5.31. The van der Waals surface area contributed by atoms with Crippen molar-refractivity contribution in [2.24, 2.45) is 5.92 Å². The average molecular weight is 247 g/mol. The van der Waals surface area contributed by atoms with Crippen molar-refractivity contribution in [1.82, 2.24) is 0 Å². The van der Waals surface area contributed by atoms with E-state index in [1.54, 1.807) is 0 Å². The second-order valence-electron chi connectivity index (χ2n) is 5.31. The number of hydrogen-bond donors (Lipinski definition) is 0. The molecule has 0 spiro atoms. The first-order valence-corrected chi connectivity index (χ1v) is 7.59. The van der Waals surface area contributed by atoms with Gasteiger partial charge in [0, 0.05) is 18.8 Å². The van der Waals surface area contributed by atoms with Crippen LogP contribution in [0.25, 0.3) is 0 Å². The van der Waals surface area contributed by atoms with Crippen molar-refractivity contribution in [3.05, 3.63) is 29.8 Å². The van der Waals surface area contributed by atoms with E-state index in [4.69, 9.17) is 0 Å². The van der Waals surface area contributed by atoms with Crippen LogP contribution in [0.5, 0.6) is 0 Å². The molecule has 1 aliphatic rings. The van der Waals surface area contributed by atoms with Gasteiger partial charge in [-0.05, 0) is 49.3 Å². The highest BCUT2D eigenvalue weighted by Gasteiger charge is 2.10. The fourth-order valence-corrected chi connectivity index (χ4v) is 2.47. The highest BCUT2D eigenvalue weighted by molar-refractivity contribution is 5.47. The molecule has 1 nitrogen and oxygen atoms in total. The van der Waals surface area contributed by atoms with E-state index in [0.29, 0.717) is 0 Å². The molecule has 0 unspecified atom stereocenters. The van der Waals surface area contributed by atoms with Crippen molar-refractivity contribution in [2.75, 3.05) is 18.0 Å². The SMILES string of the molecule is CC.CC(C)Cc1ccc(N2CCCCC2)cc1. The van der Waals surface area contributed by atoms with E-state index in [1.807, 2.05) is 13.8 Å². The summed E-state index contributed by atoms with van der Waals surface area (Å²) in [5.41, 5.74) is 2.88. The number of benzene rings is 1. The summed E-state index contributed by atoms with van der Waals surface area (Å²) in [6.45, 7) is 11.0. The van der Waals surface area contributed by atoms with Gasteiger partial charge in [0.15, 0.2) is 0 Å². The Balaban J connectivity index is 0.000000771. The zero-order chi connectivity index (χ0) is 13.4. The van der Waals surface area contributed by atoms with Crippen LogP contribution in [0.2, 0.25) is 0 Å². The van der Waals surface area contributed by atoms with Crippen LogP contribution in [0.15, 0.2) is 24.3 Å². The number of piperidine rings is 1. The molecule has 1 heteroatoms. The third-order valence-electron chi connectivity index (χ3n) is 3.30. The van der Waals surface area contributed by atoms with E-state index in [-0.39, 0.29) is 0 Å². The lowest BCUT2D eigenvalue weighted by Crippen LogP contribution is -2.29. The Labute approximate surface area is 113 Å². The van der Waals surface area contributed by atoms with Crippen LogP contribution >= 0.6 is 0 Å². The minimum absolute atomic E-state index is 0.751. The number of hydrogen-bond acceptors (Lipinski definition) is 1. The zero-order valence-corrected chi connectivity index (χ0v) is 12.6. The first-order chi connectivity index (χ1) is 8.75. The standard InChI is InChI=1S/C15H23N.C2H6/c1-13(2)12-14-6-8-15(9-7-14)16-10-4-3-5-11-16;1-2/h6-9,13H,3-5,10-12H2,1-2H3;1-2H3. The molecule has 102 valence electrons. The minimum atomic E-state index is 0.751. The molecule has 1 heterocycles. The molecule has 0 saturated carbocycles. The van der Waals surface area contributed by atoms with Crippen molar-refractivity contribution >= 4 is 5.69 Å². The van der Waals surface area contributed by atoms with Crippen LogP contribution in [-0.2, 0) is 6.42 Å². The van der Waals surface area contributed by atoms with E-state index in [2.05, 4.69) is 43.0 Å². The Hall–Kier alpha value is -0.980. The summed E-state index contributed by atoms with van der Waals surface area (Å²) in [6, 6.07) is 9.18. The minimum Gasteiger partial charge on any atom is -0.372 e. The summed E-state index contributed by atoms with van der Waals surface area (Å²) in [5, 5.41) is 0. The van der Waals surface area contributed by atoms with Gasteiger partial charge in [-0.3, -0.25) is 0 Å². The van der Waals surface area contributed by atoms with Crippen LogP contribution in [0, 0.1) is 5.92 Å². The van der Waals surface area contributed by atoms with Gasteiger partial charge in [-0.25, -0.2) is 0 Å². The first kappa shape index (κ1) is 15.1. The van der Waals surface area contributed by atoms with Crippen molar-refractivity contribution in [2.45, 2.75) is 53.4 Å². The van der Waals surface area contributed by atoms with Gasteiger partial charge in [-0.2, -0.15) is 0 Å². The first-order valence-electron chi connectivity index (χ1n) is 7.59. The lowest BCUT2D eigenvalue weighted by atomic mass is 10.0. The third-order valence-corrected chi connectivity index (χ3v) is 3.30. The summed E-state index contributed by atoms with van der Waals surface area (Å²) in [7, 11) is 0. The zero-order valence-electron chi connectivity index (χ0n) is 12.6. The topological polar surface area (TPSA) is 3.24 Å². The molecule has 1 saturated heterocycles. The molecule has 1 fully saturated rings. The molecule has 1 aromatic rings. The molecular weight excluding hydrogens is 218 g/mol. The van der Waals surface area contributed by atoms with Gasteiger partial charge in [0.1, 0.15) is 0 Å². The largest absolute Gasteiger partial charge is 0.372 e.